The minimum atomic E-state index is -0.646. The van der Waals surface area contributed by atoms with E-state index in [0.717, 1.165) is 5.75 Å². The molecule has 9 heteroatoms. The Morgan fingerprint density at radius 2 is 1.62 bits per heavy atom. The molecule has 0 saturated carbocycles. The molecule has 1 unspecified atom stereocenters. The van der Waals surface area contributed by atoms with Gasteiger partial charge in [-0.25, -0.2) is 0 Å². The van der Waals surface area contributed by atoms with Crippen LogP contribution >= 0.6 is 37.2 Å². The second-order valence-corrected chi connectivity index (χ2v) is 5.09. The van der Waals surface area contributed by atoms with Gasteiger partial charge in [0.25, 0.3) is 0 Å². The third kappa shape index (κ3) is 9.22. The number of nitrogens with one attached hydrogen (secondary N) is 1. The summed E-state index contributed by atoms with van der Waals surface area (Å²) in [7, 11) is 0. The van der Waals surface area contributed by atoms with Gasteiger partial charge in [-0.1, -0.05) is 24.3 Å². The lowest BCUT2D eigenvalue weighted by molar-refractivity contribution is 0.106. The summed E-state index contributed by atoms with van der Waals surface area (Å²) in [4.78, 5) is 0. The average molecular weight is 427 g/mol. The Bertz CT molecular complexity index is 606. The minimum absolute atomic E-state index is 0. The number of ether oxygens (including phenoxy) is 2. The highest BCUT2D eigenvalue weighted by Crippen LogP contribution is 2.26. The highest BCUT2D eigenvalue weighted by atomic mass is 35.5. The van der Waals surface area contributed by atoms with Crippen LogP contribution in [-0.2, 0) is 0 Å². The maximum Gasteiger partial charge on any atom is 0.144 e. The number of hydrogen-bond acceptors (Lipinski definition) is 6. The van der Waals surface area contributed by atoms with E-state index in [2.05, 4.69) is 5.32 Å². The van der Waals surface area contributed by atoms with Crippen molar-refractivity contribution in [3.63, 3.8) is 0 Å². The molecule has 0 aliphatic rings. The lowest BCUT2D eigenvalue weighted by Gasteiger charge is -2.15. The number of para-hydroxylation sites is 2. The van der Waals surface area contributed by atoms with Crippen molar-refractivity contribution in [1.29, 1.82) is 0 Å². The molecule has 0 bridgehead atoms. The van der Waals surface area contributed by atoms with Crippen molar-refractivity contribution in [2.45, 2.75) is 6.10 Å². The van der Waals surface area contributed by atoms with Gasteiger partial charge < -0.3 is 31.4 Å². The van der Waals surface area contributed by atoms with Gasteiger partial charge in [0.1, 0.15) is 30.8 Å². The fraction of sp³-hybridized carbons (Fsp3) is 0.294. The zero-order valence-electron chi connectivity index (χ0n) is 14.2. The molecule has 26 heavy (non-hydrogen) atoms. The van der Waals surface area contributed by atoms with Crippen LogP contribution in [0.3, 0.4) is 0 Å². The van der Waals surface area contributed by atoms with Crippen molar-refractivity contribution < 1.29 is 14.6 Å². The maximum absolute atomic E-state index is 9.89. The quantitative estimate of drug-likeness (QED) is 0.363. The minimum Gasteiger partial charge on any atom is -0.492 e. The van der Waals surface area contributed by atoms with E-state index >= 15 is 0 Å². The lowest BCUT2D eigenvalue weighted by Crippen LogP contribution is -2.33. The molecule has 2 aromatic rings. The summed E-state index contributed by atoms with van der Waals surface area (Å²) in [6.45, 7) is 1.70. The van der Waals surface area contributed by atoms with Crippen molar-refractivity contribution >= 4 is 48.6 Å². The van der Waals surface area contributed by atoms with Gasteiger partial charge in [-0.05, 0) is 24.3 Å². The van der Waals surface area contributed by atoms with E-state index in [4.69, 9.17) is 20.9 Å². The van der Waals surface area contributed by atoms with Crippen LogP contribution < -0.4 is 26.3 Å². The van der Waals surface area contributed by atoms with E-state index in [1.165, 1.54) is 0 Å². The van der Waals surface area contributed by atoms with Gasteiger partial charge >= 0.3 is 0 Å². The molecule has 2 aromatic carbocycles. The molecule has 1 atom stereocenters. The predicted octanol–water partition coefficient (Wildman–Crippen LogP) is 2.52. The number of aliphatic hydroxyl groups is 1. The molecule has 0 spiro atoms. The van der Waals surface area contributed by atoms with Crippen molar-refractivity contribution in [3.05, 3.63) is 48.5 Å². The summed E-state index contributed by atoms with van der Waals surface area (Å²) in [6.07, 6.45) is -0.646. The smallest absolute Gasteiger partial charge is 0.144 e. The first kappa shape index (κ1) is 26.7. The summed E-state index contributed by atoms with van der Waals surface area (Å²) in [5, 5.41) is 13.0. The van der Waals surface area contributed by atoms with Gasteiger partial charge in [-0.3, -0.25) is 0 Å². The van der Waals surface area contributed by atoms with Crippen LogP contribution in [0.2, 0.25) is 0 Å². The van der Waals surface area contributed by atoms with E-state index in [1.807, 2.05) is 30.3 Å². The molecular weight excluding hydrogens is 401 g/mol. The fourth-order valence-electron chi connectivity index (χ4n) is 1.96. The first-order chi connectivity index (χ1) is 11.2. The Labute approximate surface area is 172 Å². The van der Waals surface area contributed by atoms with Gasteiger partial charge in [0, 0.05) is 13.1 Å². The lowest BCUT2D eigenvalue weighted by atomic mass is 10.2. The number of hydrogen-bond donors (Lipinski definition) is 4. The summed E-state index contributed by atoms with van der Waals surface area (Å²) in [5.74, 6) is 1.31. The number of halogens is 3. The molecule has 0 saturated heterocycles. The van der Waals surface area contributed by atoms with Crippen LogP contribution in [0.25, 0.3) is 0 Å². The first-order valence-electron chi connectivity index (χ1n) is 7.50. The van der Waals surface area contributed by atoms with Gasteiger partial charge in [0.05, 0.1) is 11.4 Å². The monoisotopic (exact) mass is 425 g/mol. The van der Waals surface area contributed by atoms with Gasteiger partial charge in [-0.2, -0.15) is 0 Å². The van der Waals surface area contributed by atoms with E-state index in [9.17, 15) is 5.11 Å². The Hall–Kier alpha value is -1.57. The molecule has 0 amide bonds. The molecular formula is C17H26Cl3N3O3. The summed E-state index contributed by atoms with van der Waals surface area (Å²) < 4.78 is 11.0. The number of nitrogens with two attached hydrogens (primary N) is 2. The summed E-state index contributed by atoms with van der Waals surface area (Å²) in [5.41, 5.74) is 12.4. The number of rotatable bonds is 9. The molecule has 0 radical (unpaired) electrons. The van der Waals surface area contributed by atoms with Crippen LogP contribution in [0.4, 0.5) is 11.4 Å². The molecule has 148 valence electrons. The second-order valence-electron chi connectivity index (χ2n) is 5.09. The van der Waals surface area contributed by atoms with Crippen LogP contribution in [0, 0.1) is 0 Å². The standard InChI is InChI=1S/C17H23N3O3.3ClH/c18-15-7-4-8-16(17(15)19)23-12-13(21)11-20-9-10-22-14-5-2-1-3-6-14;;;/h1-8,13,20-21H,9-12,18-19H2;3*1H. The molecule has 0 fully saturated rings. The van der Waals surface area contributed by atoms with E-state index in [0.29, 0.717) is 36.8 Å². The van der Waals surface area contributed by atoms with Crippen molar-refractivity contribution in [2.75, 3.05) is 37.8 Å². The Kier molecular flexibility index (Phi) is 15.0. The molecule has 2 rings (SSSR count). The molecule has 0 aromatic heterocycles. The van der Waals surface area contributed by atoms with Crippen LogP contribution in [0.5, 0.6) is 11.5 Å². The first-order valence-corrected chi connectivity index (χ1v) is 7.50. The van der Waals surface area contributed by atoms with Crippen LogP contribution in [0.1, 0.15) is 0 Å². The zero-order valence-corrected chi connectivity index (χ0v) is 16.6. The van der Waals surface area contributed by atoms with Gasteiger partial charge in [-0.15, -0.1) is 37.2 Å². The van der Waals surface area contributed by atoms with Crippen molar-refractivity contribution in [1.82, 2.24) is 5.32 Å². The number of anilines is 2. The van der Waals surface area contributed by atoms with Gasteiger partial charge in [0.15, 0.2) is 0 Å². The summed E-state index contributed by atoms with van der Waals surface area (Å²) in [6, 6.07) is 14.8. The summed E-state index contributed by atoms with van der Waals surface area (Å²) >= 11 is 0. The molecule has 0 aliphatic heterocycles. The van der Waals surface area contributed by atoms with Gasteiger partial charge in [0.2, 0.25) is 0 Å². The van der Waals surface area contributed by atoms with E-state index in [1.54, 1.807) is 18.2 Å². The average Bonchev–Trinajstić information content (AvgIpc) is 2.57. The van der Waals surface area contributed by atoms with Crippen molar-refractivity contribution in [2.24, 2.45) is 0 Å². The normalized spacial score (nSPS) is 10.5. The van der Waals surface area contributed by atoms with Crippen molar-refractivity contribution in [3.8, 4) is 11.5 Å². The number of nitrogen functional groups attached to an aromatic ring is 2. The molecule has 6 N–H and O–H groups in total. The fourth-order valence-corrected chi connectivity index (χ4v) is 1.96. The topological polar surface area (TPSA) is 103 Å². The number of aliphatic hydroxyl groups excluding tert-OH is 1. The van der Waals surface area contributed by atoms with Crippen LogP contribution in [0.15, 0.2) is 48.5 Å². The third-order valence-corrected chi connectivity index (χ3v) is 3.20. The van der Waals surface area contributed by atoms with E-state index in [-0.39, 0.29) is 43.8 Å². The zero-order chi connectivity index (χ0) is 16.5. The van der Waals surface area contributed by atoms with Crippen LogP contribution in [-0.4, -0.2) is 37.5 Å². The molecule has 0 aliphatic carbocycles. The second kappa shape index (κ2) is 14.6. The molecule has 0 heterocycles. The predicted molar refractivity (Wildman–Crippen MR) is 113 cm³/mol. The molecule has 6 nitrogen and oxygen atoms in total. The Morgan fingerprint density at radius 3 is 2.31 bits per heavy atom. The van der Waals surface area contributed by atoms with E-state index < -0.39 is 6.10 Å². The Balaban J connectivity index is 0. The number of benzene rings is 2. The highest BCUT2D eigenvalue weighted by Gasteiger charge is 2.08. The highest BCUT2D eigenvalue weighted by molar-refractivity contribution is 5.86. The SMILES string of the molecule is Cl.Cl.Cl.Nc1cccc(OCC(O)CNCCOc2ccccc2)c1N. The third-order valence-electron chi connectivity index (χ3n) is 3.20. The Morgan fingerprint density at radius 1 is 0.923 bits per heavy atom. The largest absolute Gasteiger partial charge is 0.492 e. The maximum atomic E-state index is 9.89.